The second kappa shape index (κ2) is 7.16. The second-order valence-corrected chi connectivity index (χ2v) is 4.26. The first-order chi connectivity index (χ1) is 10.5. The van der Waals surface area contributed by atoms with E-state index in [9.17, 15) is 18.4 Å². The summed E-state index contributed by atoms with van der Waals surface area (Å²) in [6.45, 7) is -0.396. The number of rotatable bonds is 4. The average Bonchev–Trinajstić information content (AvgIpc) is 2.51. The molecule has 5 nitrogen and oxygen atoms in total. The van der Waals surface area contributed by atoms with Crippen LogP contribution in [0.1, 0.15) is 10.4 Å². The lowest BCUT2D eigenvalue weighted by Crippen LogP contribution is -2.43. The predicted octanol–water partition coefficient (Wildman–Crippen LogP) is 1.80. The molecule has 2 N–H and O–H groups in total. The maximum absolute atomic E-state index is 12.9. The van der Waals surface area contributed by atoms with Gasteiger partial charge in [-0.05, 0) is 36.4 Å². The van der Waals surface area contributed by atoms with Crippen molar-refractivity contribution < 1.29 is 23.1 Å². The largest absolute Gasteiger partial charge is 0.484 e. The third kappa shape index (κ3) is 4.55. The van der Waals surface area contributed by atoms with Gasteiger partial charge in [-0.15, -0.1) is 0 Å². The van der Waals surface area contributed by atoms with Crippen molar-refractivity contribution in [2.24, 2.45) is 0 Å². The van der Waals surface area contributed by atoms with Crippen LogP contribution in [0.25, 0.3) is 0 Å². The molecule has 22 heavy (non-hydrogen) atoms. The predicted molar refractivity (Wildman–Crippen MR) is 73.9 cm³/mol. The van der Waals surface area contributed by atoms with Crippen molar-refractivity contribution in [3.8, 4) is 5.75 Å². The molecule has 0 heterocycles. The van der Waals surface area contributed by atoms with Crippen molar-refractivity contribution in [3.05, 3.63) is 65.7 Å². The minimum absolute atomic E-state index is 0.188. The highest BCUT2D eigenvalue weighted by Gasteiger charge is 2.08. The fourth-order valence-corrected chi connectivity index (χ4v) is 1.54. The van der Waals surface area contributed by atoms with Gasteiger partial charge in [-0.2, -0.15) is 0 Å². The molecule has 0 atom stereocenters. The molecule has 2 rings (SSSR count). The number of nitrogens with one attached hydrogen (secondary N) is 2. The molecule has 114 valence electrons. The first kappa shape index (κ1) is 15.4. The van der Waals surface area contributed by atoms with E-state index in [2.05, 4.69) is 10.9 Å². The van der Waals surface area contributed by atoms with Crippen LogP contribution in [0.3, 0.4) is 0 Å². The van der Waals surface area contributed by atoms with E-state index in [-0.39, 0.29) is 11.3 Å². The van der Waals surface area contributed by atoms with Crippen LogP contribution >= 0.6 is 0 Å². The molecule has 0 aliphatic heterocycles. The number of amides is 2. The number of carbonyl (C=O) groups is 2. The Morgan fingerprint density at radius 2 is 1.68 bits per heavy atom. The minimum Gasteiger partial charge on any atom is -0.484 e. The molecule has 0 radical (unpaired) electrons. The summed E-state index contributed by atoms with van der Waals surface area (Å²) in [6.07, 6.45) is 0. The first-order valence-electron chi connectivity index (χ1n) is 6.28. The van der Waals surface area contributed by atoms with E-state index in [1.807, 2.05) is 0 Å². The van der Waals surface area contributed by atoms with E-state index in [0.717, 1.165) is 18.2 Å². The Balaban J connectivity index is 1.78. The zero-order valence-electron chi connectivity index (χ0n) is 11.3. The maximum atomic E-state index is 12.9. The van der Waals surface area contributed by atoms with Gasteiger partial charge in [-0.25, -0.2) is 8.78 Å². The van der Waals surface area contributed by atoms with E-state index < -0.39 is 30.1 Å². The fraction of sp³-hybridized carbons (Fsp3) is 0.0667. The van der Waals surface area contributed by atoms with E-state index >= 15 is 0 Å². The average molecular weight is 306 g/mol. The molecular weight excluding hydrogens is 294 g/mol. The smallest absolute Gasteiger partial charge is 0.276 e. The molecule has 0 aliphatic rings. The summed E-state index contributed by atoms with van der Waals surface area (Å²) in [5.74, 6) is -1.98. The van der Waals surface area contributed by atoms with Gasteiger partial charge in [0.05, 0.1) is 0 Å². The van der Waals surface area contributed by atoms with Gasteiger partial charge in [0, 0.05) is 11.6 Å². The van der Waals surface area contributed by atoms with Gasteiger partial charge in [0.2, 0.25) is 0 Å². The van der Waals surface area contributed by atoms with Crippen molar-refractivity contribution in [2.45, 2.75) is 0 Å². The lowest BCUT2D eigenvalue weighted by molar-refractivity contribution is -0.123. The van der Waals surface area contributed by atoms with Gasteiger partial charge in [-0.3, -0.25) is 20.4 Å². The van der Waals surface area contributed by atoms with Crippen LogP contribution < -0.4 is 15.6 Å². The van der Waals surface area contributed by atoms with Crippen molar-refractivity contribution in [1.82, 2.24) is 10.9 Å². The number of benzene rings is 2. The lowest BCUT2D eigenvalue weighted by Gasteiger charge is -2.08. The molecule has 7 heteroatoms. The number of hydrogen-bond acceptors (Lipinski definition) is 3. The number of hydrazine groups is 1. The second-order valence-electron chi connectivity index (χ2n) is 4.26. The van der Waals surface area contributed by atoms with Gasteiger partial charge >= 0.3 is 0 Å². The van der Waals surface area contributed by atoms with E-state index in [0.29, 0.717) is 0 Å². The summed E-state index contributed by atoms with van der Waals surface area (Å²) < 4.78 is 30.7. The standard InChI is InChI=1S/C15H12F2N2O3/c16-11-6-4-10(5-7-11)15(21)19-18-14(20)9-22-13-3-1-2-12(17)8-13/h1-8H,9H2,(H,18,20)(H,19,21). The van der Waals surface area contributed by atoms with Crippen molar-refractivity contribution in [2.75, 3.05) is 6.61 Å². The molecular formula is C15H12F2N2O3. The topological polar surface area (TPSA) is 67.4 Å². The van der Waals surface area contributed by atoms with Crippen molar-refractivity contribution in [3.63, 3.8) is 0 Å². The van der Waals surface area contributed by atoms with Gasteiger partial charge in [-0.1, -0.05) is 6.07 Å². The van der Waals surface area contributed by atoms with E-state index in [1.165, 1.54) is 30.3 Å². The van der Waals surface area contributed by atoms with Crippen LogP contribution in [-0.2, 0) is 4.79 Å². The Kier molecular flexibility index (Phi) is 5.02. The number of carbonyl (C=O) groups excluding carboxylic acids is 2. The highest BCUT2D eigenvalue weighted by molar-refractivity contribution is 5.95. The molecule has 0 unspecified atom stereocenters. The van der Waals surface area contributed by atoms with Crippen LogP contribution in [0.4, 0.5) is 8.78 Å². The summed E-state index contributed by atoms with van der Waals surface area (Å²) in [7, 11) is 0. The third-order valence-corrected chi connectivity index (χ3v) is 2.59. The van der Waals surface area contributed by atoms with Crippen LogP contribution in [0, 0.1) is 11.6 Å². The number of halogens is 2. The Morgan fingerprint density at radius 1 is 0.955 bits per heavy atom. The monoisotopic (exact) mass is 306 g/mol. The highest BCUT2D eigenvalue weighted by Crippen LogP contribution is 2.11. The Labute approximate surface area is 124 Å². The Hall–Kier alpha value is -2.96. The fourth-order valence-electron chi connectivity index (χ4n) is 1.54. The molecule has 0 aliphatic carbocycles. The molecule has 2 aromatic carbocycles. The van der Waals surface area contributed by atoms with Crippen LogP contribution in [0.15, 0.2) is 48.5 Å². The maximum Gasteiger partial charge on any atom is 0.276 e. The lowest BCUT2D eigenvalue weighted by atomic mass is 10.2. The van der Waals surface area contributed by atoms with Crippen LogP contribution in [-0.4, -0.2) is 18.4 Å². The van der Waals surface area contributed by atoms with Gasteiger partial charge in [0.1, 0.15) is 17.4 Å². The van der Waals surface area contributed by atoms with Crippen LogP contribution in [0.5, 0.6) is 5.75 Å². The number of hydrogen-bond donors (Lipinski definition) is 2. The molecule has 2 amide bonds. The zero-order valence-corrected chi connectivity index (χ0v) is 11.3. The van der Waals surface area contributed by atoms with Crippen molar-refractivity contribution in [1.29, 1.82) is 0 Å². The Bertz CT molecular complexity index is 675. The van der Waals surface area contributed by atoms with Gasteiger partial charge in [0.25, 0.3) is 11.8 Å². The highest BCUT2D eigenvalue weighted by atomic mass is 19.1. The number of ether oxygens (including phenoxy) is 1. The quantitative estimate of drug-likeness (QED) is 0.847. The van der Waals surface area contributed by atoms with Crippen LogP contribution in [0.2, 0.25) is 0 Å². The summed E-state index contributed by atoms with van der Waals surface area (Å²) in [5.41, 5.74) is 4.47. The van der Waals surface area contributed by atoms with E-state index in [4.69, 9.17) is 4.74 Å². The summed E-state index contributed by atoms with van der Waals surface area (Å²) >= 11 is 0. The molecule has 0 bridgehead atoms. The molecule has 0 aromatic heterocycles. The zero-order chi connectivity index (χ0) is 15.9. The third-order valence-electron chi connectivity index (χ3n) is 2.59. The SMILES string of the molecule is O=C(COc1cccc(F)c1)NNC(=O)c1ccc(F)cc1. The molecule has 0 spiro atoms. The van der Waals surface area contributed by atoms with E-state index in [1.54, 1.807) is 0 Å². The minimum atomic E-state index is -0.625. The summed E-state index contributed by atoms with van der Waals surface area (Å²) in [5, 5.41) is 0. The van der Waals surface area contributed by atoms with Crippen molar-refractivity contribution >= 4 is 11.8 Å². The first-order valence-corrected chi connectivity index (χ1v) is 6.28. The summed E-state index contributed by atoms with van der Waals surface area (Å²) in [6, 6.07) is 10.1. The van der Waals surface area contributed by atoms with Gasteiger partial charge in [0.15, 0.2) is 6.61 Å². The van der Waals surface area contributed by atoms with Gasteiger partial charge < -0.3 is 4.74 Å². The molecule has 2 aromatic rings. The molecule has 0 fully saturated rings. The molecule has 0 saturated heterocycles. The molecule has 0 saturated carbocycles. The normalized spacial score (nSPS) is 9.91. The Morgan fingerprint density at radius 3 is 2.36 bits per heavy atom. The summed E-state index contributed by atoms with van der Waals surface area (Å²) in [4.78, 5) is 23.1.